The molecule has 0 unspecified atom stereocenters. The van der Waals surface area contributed by atoms with Crippen molar-refractivity contribution < 1.29 is 19.8 Å². The van der Waals surface area contributed by atoms with Crippen LogP contribution in [0.25, 0.3) is 0 Å². The molecule has 3 heterocycles. The Morgan fingerprint density at radius 1 is 1.10 bits per heavy atom. The van der Waals surface area contributed by atoms with E-state index in [2.05, 4.69) is 37.7 Å². The van der Waals surface area contributed by atoms with Gasteiger partial charge in [0.1, 0.15) is 17.5 Å². The summed E-state index contributed by atoms with van der Waals surface area (Å²) in [5.74, 6) is 2.76. The highest BCUT2D eigenvalue weighted by Crippen LogP contribution is 2.24. The van der Waals surface area contributed by atoms with Gasteiger partial charge in [-0.3, -0.25) is 9.59 Å². The minimum absolute atomic E-state index is 0.250. The largest absolute Gasteiger partial charge is 0.483 e. The molecule has 9 nitrogen and oxygen atoms in total. The van der Waals surface area contributed by atoms with E-state index >= 15 is 0 Å². The summed E-state index contributed by atoms with van der Waals surface area (Å²) < 4.78 is 0. The molecule has 3 rings (SSSR count). The monoisotopic (exact) mass is 423 g/mol. The lowest BCUT2D eigenvalue weighted by molar-refractivity contribution is -0.123. The van der Waals surface area contributed by atoms with E-state index < -0.39 is 0 Å². The maximum atomic E-state index is 8.36. The van der Waals surface area contributed by atoms with Crippen LogP contribution < -0.4 is 9.80 Å². The molecule has 1 fully saturated rings. The molecule has 0 spiro atoms. The quantitative estimate of drug-likeness (QED) is 0.714. The van der Waals surface area contributed by atoms with Crippen molar-refractivity contribution in [3.8, 4) is 0 Å². The summed E-state index contributed by atoms with van der Waals surface area (Å²) in [4.78, 5) is 34.8. The molecule has 0 atom stereocenters. The molecule has 1 aliphatic rings. The molecule has 0 saturated carbocycles. The fourth-order valence-electron chi connectivity index (χ4n) is 2.92. The molecular weight excluding hydrogens is 398 g/mol. The average molecular weight is 424 g/mol. The first-order chi connectivity index (χ1) is 14.0. The second kappa shape index (κ2) is 13.3. The number of hydrogen-bond acceptors (Lipinski definition) is 7. The third-order valence-corrected chi connectivity index (χ3v) is 4.32. The van der Waals surface area contributed by atoms with E-state index in [1.165, 1.54) is 0 Å². The number of anilines is 2. The summed E-state index contributed by atoms with van der Waals surface area (Å²) in [5.41, 5.74) is 1.13. The maximum Gasteiger partial charge on any atom is 0.290 e. The number of carboxylic acid groups (broad SMARTS) is 2. The zero-order valence-corrected chi connectivity index (χ0v) is 17.3. The molecule has 0 aromatic carbocycles. The normalized spacial score (nSPS) is 12.8. The Labute approximate surface area is 175 Å². The van der Waals surface area contributed by atoms with Gasteiger partial charge in [-0.25, -0.2) is 15.0 Å². The van der Waals surface area contributed by atoms with Gasteiger partial charge in [0.25, 0.3) is 12.9 Å². The van der Waals surface area contributed by atoms with E-state index in [0.717, 1.165) is 62.2 Å². The molecule has 1 saturated heterocycles. The van der Waals surface area contributed by atoms with Gasteiger partial charge in [0.15, 0.2) is 0 Å². The minimum Gasteiger partial charge on any atom is -0.483 e. The van der Waals surface area contributed by atoms with Crippen molar-refractivity contribution in [2.45, 2.75) is 26.7 Å². The molecule has 1 aliphatic heterocycles. The zero-order valence-electron chi connectivity index (χ0n) is 16.5. The standard InChI is InChI=1S/C17H22ClN5.2CH2O2/c1-3-5-14-12-16(21-13(2)20-14)22-8-10-23(11-9-22)17-15(18)6-4-7-19-17;2*2-1-3/h4,6-7,12H,3,5,8-11H2,1-2H3;2*1H,(H,2,3). The van der Waals surface area contributed by atoms with Crippen molar-refractivity contribution in [2.24, 2.45) is 0 Å². The van der Waals surface area contributed by atoms with Crippen LogP contribution >= 0.6 is 11.6 Å². The maximum absolute atomic E-state index is 8.36. The Morgan fingerprint density at radius 2 is 1.69 bits per heavy atom. The summed E-state index contributed by atoms with van der Waals surface area (Å²) >= 11 is 6.25. The van der Waals surface area contributed by atoms with Gasteiger partial charge in [-0.15, -0.1) is 0 Å². The topological polar surface area (TPSA) is 120 Å². The molecule has 0 bridgehead atoms. The Balaban J connectivity index is 0.000000626. The zero-order chi connectivity index (χ0) is 21.6. The Kier molecular flexibility index (Phi) is 11.0. The molecule has 0 radical (unpaired) electrons. The van der Waals surface area contributed by atoms with Crippen LogP contribution in [0.4, 0.5) is 11.6 Å². The molecule has 158 valence electrons. The van der Waals surface area contributed by atoms with Gasteiger partial charge in [-0.2, -0.15) is 0 Å². The third kappa shape index (κ3) is 7.90. The lowest BCUT2D eigenvalue weighted by Crippen LogP contribution is -2.47. The Hall–Kier alpha value is -2.94. The van der Waals surface area contributed by atoms with E-state index in [1.807, 2.05) is 19.1 Å². The number of piperazine rings is 1. The second-order valence-electron chi connectivity index (χ2n) is 6.01. The van der Waals surface area contributed by atoms with Crippen molar-refractivity contribution in [1.82, 2.24) is 15.0 Å². The van der Waals surface area contributed by atoms with E-state index in [0.29, 0.717) is 5.02 Å². The Morgan fingerprint density at radius 3 is 2.24 bits per heavy atom. The fourth-order valence-corrected chi connectivity index (χ4v) is 3.16. The number of carbonyl (C=O) groups is 2. The summed E-state index contributed by atoms with van der Waals surface area (Å²) in [6.45, 7) is 7.24. The van der Waals surface area contributed by atoms with E-state index in [1.54, 1.807) is 6.20 Å². The predicted molar refractivity (Wildman–Crippen MR) is 112 cm³/mol. The number of pyridine rings is 1. The summed E-state index contributed by atoms with van der Waals surface area (Å²) in [6, 6.07) is 5.88. The van der Waals surface area contributed by atoms with Crippen LogP contribution in [0.15, 0.2) is 24.4 Å². The lowest BCUT2D eigenvalue weighted by Gasteiger charge is -2.36. The molecule has 0 amide bonds. The SMILES string of the molecule is CCCc1cc(N2CCN(c3ncccc3Cl)CC2)nc(C)n1.O=CO.O=CO. The Bertz CT molecular complexity index is 764. The lowest BCUT2D eigenvalue weighted by atomic mass is 10.2. The first kappa shape index (κ1) is 24.1. The van der Waals surface area contributed by atoms with Crippen molar-refractivity contribution in [3.63, 3.8) is 0 Å². The first-order valence-corrected chi connectivity index (χ1v) is 9.49. The van der Waals surface area contributed by atoms with Crippen LogP contribution in [0.3, 0.4) is 0 Å². The van der Waals surface area contributed by atoms with Gasteiger partial charge in [-0.1, -0.05) is 24.9 Å². The van der Waals surface area contributed by atoms with E-state index in [4.69, 9.17) is 31.4 Å². The molecule has 2 aromatic heterocycles. The van der Waals surface area contributed by atoms with Gasteiger partial charge >= 0.3 is 0 Å². The highest BCUT2D eigenvalue weighted by atomic mass is 35.5. The second-order valence-corrected chi connectivity index (χ2v) is 6.42. The fraction of sp³-hybridized carbons (Fsp3) is 0.421. The number of aromatic nitrogens is 3. The van der Waals surface area contributed by atoms with Crippen molar-refractivity contribution in [1.29, 1.82) is 0 Å². The average Bonchev–Trinajstić information content (AvgIpc) is 2.70. The molecule has 29 heavy (non-hydrogen) atoms. The first-order valence-electron chi connectivity index (χ1n) is 9.11. The van der Waals surface area contributed by atoms with Crippen LogP contribution in [-0.4, -0.2) is 64.3 Å². The van der Waals surface area contributed by atoms with Crippen LogP contribution in [0, 0.1) is 6.92 Å². The van der Waals surface area contributed by atoms with E-state index in [-0.39, 0.29) is 12.9 Å². The van der Waals surface area contributed by atoms with Gasteiger partial charge in [0, 0.05) is 44.1 Å². The molecule has 0 aliphatic carbocycles. The summed E-state index contributed by atoms with van der Waals surface area (Å²) in [6.07, 6.45) is 3.89. The highest BCUT2D eigenvalue weighted by Gasteiger charge is 2.21. The van der Waals surface area contributed by atoms with Crippen LogP contribution in [0.5, 0.6) is 0 Å². The van der Waals surface area contributed by atoms with Crippen LogP contribution in [0.1, 0.15) is 24.9 Å². The number of rotatable bonds is 4. The van der Waals surface area contributed by atoms with Gasteiger partial charge in [0.2, 0.25) is 0 Å². The number of aryl methyl sites for hydroxylation is 2. The third-order valence-electron chi connectivity index (χ3n) is 4.03. The highest BCUT2D eigenvalue weighted by molar-refractivity contribution is 6.32. The molecule has 2 aromatic rings. The summed E-state index contributed by atoms with van der Waals surface area (Å²) in [5, 5.41) is 14.5. The molecule has 10 heteroatoms. The van der Waals surface area contributed by atoms with Crippen LogP contribution in [-0.2, 0) is 16.0 Å². The van der Waals surface area contributed by atoms with Crippen LogP contribution in [0.2, 0.25) is 5.02 Å². The smallest absolute Gasteiger partial charge is 0.290 e. The summed E-state index contributed by atoms with van der Waals surface area (Å²) in [7, 11) is 0. The van der Waals surface area contributed by atoms with Crippen molar-refractivity contribution in [2.75, 3.05) is 36.0 Å². The van der Waals surface area contributed by atoms with Crippen molar-refractivity contribution >= 4 is 36.2 Å². The number of halogens is 1. The van der Waals surface area contributed by atoms with Gasteiger partial charge in [-0.05, 0) is 25.5 Å². The van der Waals surface area contributed by atoms with E-state index in [9.17, 15) is 0 Å². The van der Waals surface area contributed by atoms with Gasteiger partial charge in [0.05, 0.1) is 5.02 Å². The number of hydrogen-bond donors (Lipinski definition) is 2. The van der Waals surface area contributed by atoms with Gasteiger partial charge < -0.3 is 20.0 Å². The molecule has 2 N–H and O–H groups in total. The van der Waals surface area contributed by atoms with Crippen molar-refractivity contribution in [3.05, 3.63) is 40.9 Å². The minimum atomic E-state index is -0.250. The predicted octanol–water partition coefficient (Wildman–Crippen LogP) is 2.51. The molecular formula is C19H26ClN5O4. The number of nitrogens with zero attached hydrogens (tertiary/aromatic N) is 5.